The largest absolute Gasteiger partial charge is 0.502 e. The number of hydrogen-bond donors (Lipinski definition) is 0. The van der Waals surface area contributed by atoms with Crippen molar-refractivity contribution in [1.82, 2.24) is 0 Å². The van der Waals surface area contributed by atoms with Crippen LogP contribution < -0.4 is 0 Å². The maximum atomic E-state index is 4.99. The van der Waals surface area contributed by atoms with Gasteiger partial charge in [-0.3, -0.25) is 0 Å². The van der Waals surface area contributed by atoms with Crippen molar-refractivity contribution in [3.63, 3.8) is 0 Å². The first-order valence-corrected chi connectivity index (χ1v) is 4.71. The van der Waals surface area contributed by atoms with Gasteiger partial charge in [-0.05, 0) is 12.3 Å². The smallest absolute Gasteiger partial charge is 0.0883 e. The normalized spacial score (nSPS) is 12.6. The van der Waals surface area contributed by atoms with Crippen LogP contribution >= 0.6 is 0 Å². The molecule has 0 fully saturated rings. The van der Waals surface area contributed by atoms with Crippen LogP contribution in [0.25, 0.3) is 0 Å². The van der Waals surface area contributed by atoms with E-state index in [9.17, 15) is 0 Å². The van der Waals surface area contributed by atoms with Crippen molar-refractivity contribution < 1.29 is 4.74 Å². The monoisotopic (exact) mass is 169 g/mol. The van der Waals surface area contributed by atoms with Crippen molar-refractivity contribution in [1.29, 1.82) is 0 Å². The van der Waals surface area contributed by atoms with E-state index in [4.69, 9.17) is 4.74 Å². The first kappa shape index (κ1) is 11.5. The lowest BCUT2D eigenvalue weighted by Crippen LogP contribution is -1.94. The summed E-state index contributed by atoms with van der Waals surface area (Å²) in [5.41, 5.74) is 0. The predicted molar refractivity (Wildman–Crippen MR) is 53.8 cm³/mol. The molecule has 0 aromatic carbocycles. The highest BCUT2D eigenvalue weighted by atomic mass is 16.5. The van der Waals surface area contributed by atoms with Crippen molar-refractivity contribution in [2.75, 3.05) is 7.11 Å². The van der Waals surface area contributed by atoms with Crippen LogP contribution in [0.2, 0.25) is 0 Å². The van der Waals surface area contributed by atoms with Crippen LogP contribution in [0.3, 0.4) is 0 Å². The SMILES string of the molecule is [CH2]CCC(C)CCCC(=C)OC. The molecule has 0 N–H and O–H groups in total. The third-order valence-electron chi connectivity index (χ3n) is 2.14. The molecule has 0 rings (SSSR count). The Hall–Kier alpha value is -0.460. The van der Waals surface area contributed by atoms with E-state index >= 15 is 0 Å². The zero-order chi connectivity index (χ0) is 9.40. The molecule has 0 saturated heterocycles. The van der Waals surface area contributed by atoms with Gasteiger partial charge < -0.3 is 4.74 Å². The number of rotatable bonds is 7. The van der Waals surface area contributed by atoms with E-state index in [2.05, 4.69) is 20.4 Å². The zero-order valence-electron chi connectivity index (χ0n) is 8.44. The van der Waals surface area contributed by atoms with Crippen molar-refractivity contribution >= 4 is 0 Å². The summed E-state index contributed by atoms with van der Waals surface area (Å²) in [5.74, 6) is 1.70. The Balaban J connectivity index is 3.24. The molecule has 1 nitrogen and oxygen atoms in total. The highest BCUT2D eigenvalue weighted by Gasteiger charge is 2.00. The summed E-state index contributed by atoms with van der Waals surface area (Å²) in [7, 11) is 1.68. The fraction of sp³-hybridized carbons (Fsp3) is 0.727. The van der Waals surface area contributed by atoms with Crippen molar-refractivity contribution in [2.24, 2.45) is 5.92 Å². The molecule has 1 unspecified atom stereocenters. The lowest BCUT2D eigenvalue weighted by Gasteiger charge is -2.09. The topological polar surface area (TPSA) is 9.23 Å². The second-order valence-electron chi connectivity index (χ2n) is 3.38. The Kier molecular flexibility index (Phi) is 6.93. The van der Waals surface area contributed by atoms with Crippen LogP contribution in [0.15, 0.2) is 12.3 Å². The third-order valence-corrected chi connectivity index (χ3v) is 2.14. The molecule has 0 aromatic rings. The van der Waals surface area contributed by atoms with Gasteiger partial charge in [-0.25, -0.2) is 0 Å². The van der Waals surface area contributed by atoms with Crippen LogP contribution in [0.1, 0.15) is 39.0 Å². The predicted octanol–water partition coefficient (Wildman–Crippen LogP) is 3.57. The average molecular weight is 169 g/mol. The minimum absolute atomic E-state index is 0.798. The van der Waals surface area contributed by atoms with Gasteiger partial charge in [-0.15, -0.1) is 0 Å². The van der Waals surface area contributed by atoms with Gasteiger partial charge in [-0.2, -0.15) is 0 Å². The quantitative estimate of drug-likeness (QED) is 0.529. The van der Waals surface area contributed by atoms with Crippen LogP contribution in [0, 0.1) is 12.8 Å². The molecular weight excluding hydrogens is 148 g/mol. The van der Waals surface area contributed by atoms with Gasteiger partial charge >= 0.3 is 0 Å². The van der Waals surface area contributed by atoms with E-state index < -0.39 is 0 Å². The lowest BCUT2D eigenvalue weighted by molar-refractivity contribution is 0.273. The molecule has 0 aromatic heterocycles. The molecule has 12 heavy (non-hydrogen) atoms. The van der Waals surface area contributed by atoms with E-state index in [1.807, 2.05) is 0 Å². The van der Waals surface area contributed by atoms with Gasteiger partial charge in [0.05, 0.1) is 12.9 Å². The molecule has 1 radical (unpaired) electrons. The lowest BCUT2D eigenvalue weighted by atomic mass is 9.99. The van der Waals surface area contributed by atoms with Crippen LogP contribution in [-0.2, 0) is 4.74 Å². The second kappa shape index (κ2) is 7.20. The molecular formula is C11H21O. The molecule has 1 atom stereocenters. The average Bonchev–Trinajstić information content (AvgIpc) is 2.04. The van der Waals surface area contributed by atoms with E-state index in [0.717, 1.165) is 24.5 Å². The first-order valence-electron chi connectivity index (χ1n) is 4.71. The summed E-state index contributed by atoms with van der Waals surface area (Å²) >= 11 is 0. The number of hydrogen-bond acceptors (Lipinski definition) is 1. The number of methoxy groups -OCH3 is 1. The van der Waals surface area contributed by atoms with E-state index in [0.29, 0.717) is 0 Å². The standard InChI is InChI=1S/C11H21O/c1-5-7-10(2)8-6-9-11(3)12-4/h10H,1,3,5-9H2,2,4H3. The summed E-state index contributed by atoms with van der Waals surface area (Å²) in [5, 5.41) is 0. The minimum atomic E-state index is 0.798. The van der Waals surface area contributed by atoms with E-state index in [1.165, 1.54) is 19.3 Å². The van der Waals surface area contributed by atoms with Crippen LogP contribution in [0.5, 0.6) is 0 Å². The minimum Gasteiger partial charge on any atom is -0.502 e. The van der Waals surface area contributed by atoms with Crippen LogP contribution in [0.4, 0.5) is 0 Å². The zero-order valence-corrected chi connectivity index (χ0v) is 8.44. The fourth-order valence-electron chi connectivity index (χ4n) is 1.24. The summed E-state index contributed by atoms with van der Waals surface area (Å²) in [6.07, 6.45) is 5.73. The van der Waals surface area contributed by atoms with Crippen molar-refractivity contribution in [2.45, 2.75) is 39.0 Å². The van der Waals surface area contributed by atoms with Crippen molar-refractivity contribution in [3.05, 3.63) is 19.3 Å². The number of allylic oxidation sites excluding steroid dienone is 1. The maximum absolute atomic E-state index is 4.99. The van der Waals surface area contributed by atoms with Gasteiger partial charge in [-0.1, -0.05) is 39.7 Å². The summed E-state index contributed by atoms with van der Waals surface area (Å²) in [6.45, 7) is 9.90. The van der Waals surface area contributed by atoms with Crippen LogP contribution in [-0.4, -0.2) is 7.11 Å². The molecule has 0 aliphatic carbocycles. The van der Waals surface area contributed by atoms with E-state index in [-0.39, 0.29) is 0 Å². The Labute approximate surface area is 76.8 Å². The Bertz CT molecular complexity index is 118. The summed E-state index contributed by atoms with van der Waals surface area (Å²) < 4.78 is 4.99. The molecule has 0 aliphatic rings. The number of ether oxygens (including phenoxy) is 1. The summed E-state index contributed by atoms with van der Waals surface area (Å²) in [4.78, 5) is 0. The van der Waals surface area contributed by atoms with Crippen molar-refractivity contribution in [3.8, 4) is 0 Å². The molecule has 0 spiro atoms. The van der Waals surface area contributed by atoms with Gasteiger partial charge in [0.25, 0.3) is 0 Å². The highest BCUT2D eigenvalue weighted by Crippen LogP contribution is 2.15. The van der Waals surface area contributed by atoms with Gasteiger partial charge in [0.15, 0.2) is 0 Å². The molecule has 0 heterocycles. The van der Waals surface area contributed by atoms with Gasteiger partial charge in [0.1, 0.15) is 0 Å². The third kappa shape index (κ3) is 6.26. The Morgan fingerprint density at radius 2 is 2.08 bits per heavy atom. The molecule has 71 valence electrons. The molecule has 0 bridgehead atoms. The second-order valence-corrected chi connectivity index (χ2v) is 3.38. The molecule has 1 heteroatoms. The maximum Gasteiger partial charge on any atom is 0.0883 e. The molecule has 0 aliphatic heterocycles. The van der Waals surface area contributed by atoms with Gasteiger partial charge in [0.2, 0.25) is 0 Å². The van der Waals surface area contributed by atoms with E-state index in [1.54, 1.807) is 7.11 Å². The summed E-state index contributed by atoms with van der Waals surface area (Å²) in [6, 6.07) is 0. The molecule has 0 saturated carbocycles. The fourth-order valence-corrected chi connectivity index (χ4v) is 1.24. The first-order chi connectivity index (χ1) is 5.70. The van der Waals surface area contributed by atoms with Gasteiger partial charge in [0, 0.05) is 6.42 Å². The Morgan fingerprint density at radius 1 is 1.42 bits per heavy atom. The highest BCUT2D eigenvalue weighted by molar-refractivity contribution is 4.81. The molecule has 0 amide bonds. The Morgan fingerprint density at radius 3 is 2.58 bits per heavy atom.